The lowest BCUT2D eigenvalue weighted by Crippen LogP contribution is -2.54. The Morgan fingerprint density at radius 3 is 2.40 bits per heavy atom. The molecule has 3 aromatic heterocycles. The molecule has 0 bridgehead atoms. The molecule has 9 rings (SSSR count). The largest absolute Gasteiger partial charge is 0.494 e. The van der Waals surface area contributed by atoms with E-state index in [1.807, 2.05) is 45.3 Å². The highest BCUT2D eigenvalue weighted by Crippen LogP contribution is 2.49. The van der Waals surface area contributed by atoms with Crippen LogP contribution in [0.2, 0.25) is 0 Å². The van der Waals surface area contributed by atoms with Gasteiger partial charge in [0.2, 0.25) is 17.8 Å². The van der Waals surface area contributed by atoms with Gasteiger partial charge in [0.1, 0.15) is 11.6 Å². The lowest BCUT2D eigenvalue weighted by molar-refractivity contribution is -0.136. The number of piperazine rings is 1. The summed E-state index contributed by atoms with van der Waals surface area (Å²) in [5.41, 5.74) is 6.25. The smallest absolute Gasteiger partial charge is 0.363 e. The minimum atomic E-state index is -3.68. The molecule has 6 heterocycles. The zero-order valence-electron chi connectivity index (χ0n) is 40.8. The zero-order valence-corrected chi connectivity index (χ0v) is 43.3. The number of rotatable bonds is 14. The van der Waals surface area contributed by atoms with Crippen LogP contribution >= 0.6 is 23.5 Å². The molecular formula is C48H55BrF2N13O7P. The third kappa shape index (κ3) is 9.87. The van der Waals surface area contributed by atoms with E-state index in [1.54, 1.807) is 65.1 Å². The molecular weight excluding hydrogens is 1020 g/mol. The van der Waals surface area contributed by atoms with Gasteiger partial charge in [0, 0.05) is 108 Å². The van der Waals surface area contributed by atoms with Crippen molar-refractivity contribution >= 4 is 92.2 Å². The lowest BCUT2D eigenvalue weighted by Gasteiger charge is -2.40. The molecule has 3 aliphatic rings. The average Bonchev–Trinajstić information content (AvgIpc) is 3.94. The summed E-state index contributed by atoms with van der Waals surface area (Å²) in [5.74, 6) is -3.33. The number of hydrogen-bond acceptors (Lipinski definition) is 15. The molecule has 3 saturated heterocycles. The number of aromatic nitrogens is 6. The van der Waals surface area contributed by atoms with Crippen molar-refractivity contribution in [3.05, 3.63) is 82.2 Å². The summed E-state index contributed by atoms with van der Waals surface area (Å²) in [5, 5.41) is 18.8. The Morgan fingerprint density at radius 2 is 1.72 bits per heavy atom. The van der Waals surface area contributed by atoms with E-state index >= 15 is 8.78 Å². The molecule has 3 fully saturated rings. The molecule has 4 amide bonds. The first-order valence-corrected chi connectivity index (χ1v) is 25.5. The van der Waals surface area contributed by atoms with Gasteiger partial charge in [-0.15, -0.1) is 0 Å². The molecule has 1 unspecified atom stereocenters. The molecule has 380 valence electrons. The van der Waals surface area contributed by atoms with Crippen molar-refractivity contribution in [3.63, 3.8) is 0 Å². The van der Waals surface area contributed by atoms with Crippen LogP contribution in [0.15, 0.2) is 65.5 Å². The van der Waals surface area contributed by atoms with Gasteiger partial charge in [-0.1, -0.05) is 12.1 Å². The predicted molar refractivity (Wildman–Crippen MR) is 272 cm³/mol. The quantitative estimate of drug-likeness (QED) is 0.0942. The number of nitrogens with one attached hydrogen (secondary N) is 3. The van der Waals surface area contributed by atoms with E-state index in [1.165, 1.54) is 24.0 Å². The Kier molecular flexibility index (Phi) is 14.1. The number of imide groups is 1. The maximum Gasteiger partial charge on any atom is 0.363 e. The Bertz CT molecular complexity index is 3140. The standard InChI is InChI=1S/C48H55BrF2N13O7P/c1-28-8-11-36(43(29(28)2)72(68,70-6)71-7)54-44-35(49)24-52-46(57-44)55-37-21-33(31-23-53-59(3)25-31)39(22-40(37)69-5)62-16-18-63(19-17-62)42(66)26-61-14-12-34(48(50,51)27-61)30-9-10-32-38(20-30)60(4)58-45(32)64-15-13-41(65)56-47(64)67/h8-11,20-25,34H,12-19,26-27H2,1-7H3,(H,56,65,67)(H2,52,54,55,57). The minimum Gasteiger partial charge on any atom is -0.494 e. The number of nitrogens with zero attached hydrogens (tertiary/aromatic N) is 10. The van der Waals surface area contributed by atoms with E-state index < -0.39 is 32.0 Å². The van der Waals surface area contributed by atoms with E-state index in [9.17, 15) is 18.9 Å². The molecule has 0 saturated carbocycles. The topological polar surface area (TPSA) is 206 Å². The Labute approximate surface area is 422 Å². The van der Waals surface area contributed by atoms with Crippen LogP contribution in [0.25, 0.3) is 22.0 Å². The molecule has 3 aliphatic heterocycles. The van der Waals surface area contributed by atoms with Gasteiger partial charge in [-0.25, -0.2) is 18.6 Å². The highest BCUT2D eigenvalue weighted by Gasteiger charge is 2.46. The van der Waals surface area contributed by atoms with E-state index in [0.29, 0.717) is 87.7 Å². The molecule has 24 heteroatoms. The predicted octanol–water partition coefficient (Wildman–Crippen LogP) is 6.97. The Morgan fingerprint density at radius 1 is 0.958 bits per heavy atom. The number of fused-ring (bicyclic) bond motifs is 1. The molecule has 20 nitrogen and oxygen atoms in total. The number of alkyl halides is 2. The van der Waals surface area contributed by atoms with Crippen molar-refractivity contribution in [2.75, 3.05) is 94.1 Å². The third-order valence-corrected chi connectivity index (χ3v) is 16.3. The number of carbonyl (C=O) groups excluding carboxylic acids is 3. The number of amides is 4. The van der Waals surface area contributed by atoms with Crippen LogP contribution in [0, 0.1) is 13.8 Å². The third-order valence-electron chi connectivity index (χ3n) is 13.6. The number of benzene rings is 3. The number of ether oxygens (including phenoxy) is 1. The molecule has 72 heavy (non-hydrogen) atoms. The second-order valence-corrected chi connectivity index (χ2v) is 21.1. The van der Waals surface area contributed by atoms with Crippen LogP contribution in [0.4, 0.5) is 48.2 Å². The highest BCUT2D eigenvalue weighted by molar-refractivity contribution is 9.10. The van der Waals surface area contributed by atoms with Crippen LogP contribution in [-0.2, 0) is 37.3 Å². The van der Waals surface area contributed by atoms with E-state index in [2.05, 4.69) is 52.0 Å². The first-order valence-electron chi connectivity index (χ1n) is 23.2. The first-order chi connectivity index (χ1) is 34.4. The number of anilines is 6. The molecule has 0 aliphatic carbocycles. The van der Waals surface area contributed by atoms with Crippen LogP contribution < -0.4 is 35.8 Å². The van der Waals surface area contributed by atoms with Gasteiger partial charge in [0.05, 0.1) is 59.0 Å². The van der Waals surface area contributed by atoms with Crippen molar-refractivity contribution in [2.45, 2.75) is 38.5 Å². The van der Waals surface area contributed by atoms with Crippen LogP contribution in [0.1, 0.15) is 35.4 Å². The molecule has 3 aromatic carbocycles. The number of urea groups is 1. The summed E-state index contributed by atoms with van der Waals surface area (Å²) in [7, 11) is 4.09. The summed E-state index contributed by atoms with van der Waals surface area (Å²) in [6, 6.07) is 12.0. The molecule has 6 aromatic rings. The van der Waals surface area contributed by atoms with Gasteiger partial charge in [0.25, 0.3) is 5.92 Å². The van der Waals surface area contributed by atoms with Crippen LogP contribution in [-0.4, -0.2) is 137 Å². The van der Waals surface area contributed by atoms with Crippen molar-refractivity contribution in [2.24, 2.45) is 14.1 Å². The van der Waals surface area contributed by atoms with Gasteiger partial charge in [0.15, 0.2) is 5.82 Å². The SMILES string of the molecule is COc1cc(N2CCN(C(=O)CN3CCC(c4ccc5c(N6CCC(=O)NC6=O)nn(C)c5c4)C(F)(F)C3)CC2)c(-c2cnn(C)c2)cc1Nc1ncc(Br)c(Nc2ccc(C)c(C)c2P(=O)(OC)OC)n1. The van der Waals surface area contributed by atoms with E-state index in [-0.39, 0.29) is 43.7 Å². The van der Waals surface area contributed by atoms with Crippen molar-refractivity contribution in [1.29, 1.82) is 0 Å². The number of aryl methyl sites for hydroxylation is 3. The lowest BCUT2D eigenvalue weighted by atomic mass is 9.85. The molecule has 3 N–H and O–H groups in total. The minimum absolute atomic E-state index is 0.132. The van der Waals surface area contributed by atoms with Crippen molar-refractivity contribution in [3.8, 4) is 16.9 Å². The molecule has 1 atom stereocenters. The Balaban J connectivity index is 0.874. The maximum atomic E-state index is 16.1. The van der Waals surface area contributed by atoms with Gasteiger partial charge in [-0.3, -0.25) is 38.6 Å². The second-order valence-electron chi connectivity index (χ2n) is 18.0. The fraction of sp³-hybridized carbons (Fsp3) is 0.396. The first kappa shape index (κ1) is 50.4. The van der Waals surface area contributed by atoms with Gasteiger partial charge in [-0.05, 0) is 83.7 Å². The summed E-state index contributed by atoms with van der Waals surface area (Å²) in [4.78, 5) is 54.2. The van der Waals surface area contributed by atoms with Gasteiger partial charge < -0.3 is 34.2 Å². The monoisotopic (exact) mass is 1070 g/mol. The normalized spacial score (nSPS) is 17.6. The van der Waals surface area contributed by atoms with Crippen molar-refractivity contribution < 1.29 is 41.5 Å². The summed E-state index contributed by atoms with van der Waals surface area (Å²) in [6.07, 6.45) is 5.53. The Hall–Kier alpha value is -6.52. The molecule has 0 spiro atoms. The van der Waals surface area contributed by atoms with Crippen LogP contribution in [0.5, 0.6) is 5.75 Å². The number of carbonyl (C=O) groups is 3. The maximum absolute atomic E-state index is 16.1. The number of hydrogen-bond donors (Lipinski definition) is 3. The van der Waals surface area contributed by atoms with E-state index in [4.69, 9.17) is 18.8 Å². The number of methoxy groups -OCH3 is 1. The summed E-state index contributed by atoms with van der Waals surface area (Å²) in [6.45, 7) is 5.22. The zero-order chi connectivity index (χ0) is 51.2. The summed E-state index contributed by atoms with van der Waals surface area (Å²) < 4.78 is 66.4. The number of halogens is 3. The summed E-state index contributed by atoms with van der Waals surface area (Å²) >= 11 is 3.55. The number of likely N-dealkylation sites (tertiary alicyclic amines) is 1. The fourth-order valence-electron chi connectivity index (χ4n) is 9.65. The van der Waals surface area contributed by atoms with Crippen LogP contribution in [0.3, 0.4) is 0 Å². The van der Waals surface area contributed by atoms with Gasteiger partial charge in [-0.2, -0.15) is 15.2 Å². The van der Waals surface area contributed by atoms with E-state index in [0.717, 1.165) is 27.9 Å². The average molecular weight is 1070 g/mol. The van der Waals surface area contributed by atoms with Crippen molar-refractivity contribution in [1.82, 2.24) is 44.6 Å². The number of piperidine rings is 1. The highest BCUT2D eigenvalue weighted by atomic mass is 79.9. The second kappa shape index (κ2) is 20.2. The fourth-order valence-corrected chi connectivity index (χ4v) is 11.5. The molecule has 0 radical (unpaired) electrons. The van der Waals surface area contributed by atoms with Gasteiger partial charge >= 0.3 is 13.6 Å².